The molecule has 5 heteroatoms. The van der Waals surface area contributed by atoms with Crippen LogP contribution in [0, 0.1) is 0 Å². The summed E-state index contributed by atoms with van der Waals surface area (Å²) in [4.78, 5) is 13.2. The Balaban J connectivity index is 2.47. The van der Waals surface area contributed by atoms with Gasteiger partial charge in [-0.15, -0.1) is 11.3 Å². The van der Waals surface area contributed by atoms with Crippen molar-refractivity contribution >= 4 is 17.1 Å². The lowest BCUT2D eigenvalue weighted by molar-refractivity contribution is 0.103. The number of methoxy groups -OCH3 is 1. The van der Waals surface area contributed by atoms with Gasteiger partial charge < -0.3 is 4.74 Å². The van der Waals surface area contributed by atoms with Crippen molar-refractivity contribution in [2.24, 2.45) is 7.05 Å². The minimum absolute atomic E-state index is 0.0197. The van der Waals surface area contributed by atoms with Crippen LogP contribution in [0.1, 0.15) is 27.9 Å². The minimum atomic E-state index is -0.0197. The normalized spacial score (nSPS) is 10.5. The van der Waals surface area contributed by atoms with Gasteiger partial charge in [-0.1, -0.05) is 6.92 Å². The molecule has 0 N–H and O–H groups in total. The second-order valence-corrected chi connectivity index (χ2v) is 4.56. The zero-order chi connectivity index (χ0) is 12.4. The largest absolute Gasteiger partial charge is 0.493 e. The van der Waals surface area contributed by atoms with Crippen LogP contribution in [0.25, 0.3) is 0 Å². The van der Waals surface area contributed by atoms with Crippen molar-refractivity contribution in [2.75, 3.05) is 7.11 Å². The lowest BCUT2D eigenvalue weighted by Gasteiger charge is -2.04. The van der Waals surface area contributed by atoms with E-state index in [0.717, 1.165) is 16.9 Å². The molecule has 0 amide bonds. The molecule has 0 atom stereocenters. The number of aromatic nitrogens is 2. The van der Waals surface area contributed by atoms with Gasteiger partial charge in [-0.25, -0.2) is 0 Å². The van der Waals surface area contributed by atoms with Gasteiger partial charge in [0, 0.05) is 7.05 Å². The van der Waals surface area contributed by atoms with Gasteiger partial charge >= 0.3 is 0 Å². The van der Waals surface area contributed by atoms with Crippen LogP contribution in [0.3, 0.4) is 0 Å². The number of carbonyl (C=O) groups is 1. The quantitative estimate of drug-likeness (QED) is 0.782. The van der Waals surface area contributed by atoms with E-state index in [-0.39, 0.29) is 5.78 Å². The predicted octanol–water partition coefficient (Wildman–Crippen LogP) is 2.28. The van der Waals surface area contributed by atoms with Crippen molar-refractivity contribution in [3.63, 3.8) is 0 Å². The van der Waals surface area contributed by atoms with E-state index in [1.807, 2.05) is 18.4 Å². The molecule has 0 aliphatic carbocycles. The lowest BCUT2D eigenvalue weighted by atomic mass is 10.1. The van der Waals surface area contributed by atoms with Gasteiger partial charge in [0.05, 0.1) is 18.2 Å². The summed E-state index contributed by atoms with van der Waals surface area (Å²) in [6, 6.07) is 1.99. The third kappa shape index (κ3) is 1.98. The van der Waals surface area contributed by atoms with E-state index in [2.05, 4.69) is 5.10 Å². The molecule has 2 rings (SSSR count). The van der Waals surface area contributed by atoms with Crippen LogP contribution in [0.2, 0.25) is 0 Å². The fourth-order valence-corrected chi connectivity index (χ4v) is 2.68. The predicted molar refractivity (Wildman–Crippen MR) is 66.9 cm³/mol. The number of ketones is 1. The van der Waals surface area contributed by atoms with E-state index in [0.29, 0.717) is 11.4 Å². The molecule has 2 aromatic heterocycles. The Kier molecular flexibility index (Phi) is 3.28. The molecule has 0 aromatic carbocycles. The summed E-state index contributed by atoms with van der Waals surface area (Å²) in [7, 11) is 3.29. The van der Waals surface area contributed by atoms with Crippen LogP contribution in [-0.2, 0) is 13.5 Å². The third-order valence-corrected chi connectivity index (χ3v) is 3.63. The van der Waals surface area contributed by atoms with Crippen LogP contribution in [0.15, 0.2) is 17.6 Å². The fraction of sp³-hybridized carbons (Fsp3) is 0.333. The number of aryl methyl sites for hydroxylation is 2. The number of thiophene rings is 1. The van der Waals surface area contributed by atoms with E-state index in [4.69, 9.17) is 4.74 Å². The maximum Gasteiger partial charge on any atom is 0.225 e. The van der Waals surface area contributed by atoms with Gasteiger partial charge in [0.25, 0.3) is 0 Å². The SMILES string of the molecule is CCc1ccsc1C(=O)c1c(OC)cnn1C. The van der Waals surface area contributed by atoms with Gasteiger partial charge in [-0.05, 0) is 23.4 Å². The number of rotatable bonds is 4. The van der Waals surface area contributed by atoms with Gasteiger partial charge in [0.1, 0.15) is 0 Å². The lowest BCUT2D eigenvalue weighted by Crippen LogP contribution is -2.09. The Hall–Kier alpha value is -1.62. The summed E-state index contributed by atoms with van der Waals surface area (Å²) in [5.74, 6) is 0.502. The number of hydrogen-bond acceptors (Lipinski definition) is 4. The van der Waals surface area contributed by atoms with Crippen molar-refractivity contribution in [1.29, 1.82) is 0 Å². The van der Waals surface area contributed by atoms with E-state index in [1.165, 1.54) is 11.3 Å². The van der Waals surface area contributed by atoms with Gasteiger partial charge in [0.15, 0.2) is 11.4 Å². The van der Waals surface area contributed by atoms with Crippen molar-refractivity contribution in [3.8, 4) is 5.75 Å². The molecule has 0 unspecified atom stereocenters. The standard InChI is InChI=1S/C12H14N2O2S/c1-4-8-5-6-17-12(8)11(15)10-9(16-3)7-13-14(10)2/h5-7H,4H2,1-3H3. The molecule has 0 aliphatic heterocycles. The van der Waals surface area contributed by atoms with Crippen LogP contribution < -0.4 is 4.74 Å². The first kappa shape index (κ1) is 11.9. The van der Waals surface area contributed by atoms with Crippen LogP contribution in [0.5, 0.6) is 5.75 Å². The molecule has 2 aromatic rings. The Morgan fingerprint density at radius 3 is 3.00 bits per heavy atom. The average molecular weight is 250 g/mol. The molecule has 4 nitrogen and oxygen atoms in total. The van der Waals surface area contributed by atoms with E-state index >= 15 is 0 Å². The summed E-state index contributed by atoms with van der Waals surface area (Å²) in [6.45, 7) is 2.04. The third-order valence-electron chi connectivity index (χ3n) is 2.67. The maximum absolute atomic E-state index is 12.4. The second-order valence-electron chi connectivity index (χ2n) is 3.64. The van der Waals surface area contributed by atoms with Crippen molar-refractivity contribution in [3.05, 3.63) is 33.8 Å². The molecule has 0 spiro atoms. The maximum atomic E-state index is 12.4. The summed E-state index contributed by atoms with van der Waals surface area (Å²) in [5, 5.41) is 5.99. The molecule has 17 heavy (non-hydrogen) atoms. The summed E-state index contributed by atoms with van der Waals surface area (Å²) in [6.07, 6.45) is 2.41. The van der Waals surface area contributed by atoms with E-state index in [9.17, 15) is 4.79 Å². The molecule has 0 saturated heterocycles. The molecule has 0 aliphatic rings. The number of ether oxygens (including phenoxy) is 1. The Morgan fingerprint density at radius 2 is 2.35 bits per heavy atom. The number of hydrogen-bond donors (Lipinski definition) is 0. The van der Waals surface area contributed by atoms with Crippen LogP contribution in [0.4, 0.5) is 0 Å². The highest BCUT2D eigenvalue weighted by Gasteiger charge is 2.22. The second kappa shape index (κ2) is 4.71. The first-order valence-corrected chi connectivity index (χ1v) is 6.24. The van der Waals surface area contributed by atoms with E-state index < -0.39 is 0 Å². The van der Waals surface area contributed by atoms with Crippen molar-refractivity contribution in [1.82, 2.24) is 9.78 Å². The Bertz CT molecular complexity index is 542. The zero-order valence-electron chi connectivity index (χ0n) is 10.1. The first-order valence-electron chi connectivity index (χ1n) is 5.36. The molecule has 2 heterocycles. The zero-order valence-corrected chi connectivity index (χ0v) is 10.9. The minimum Gasteiger partial charge on any atom is -0.493 e. The van der Waals surface area contributed by atoms with Gasteiger partial charge in [0.2, 0.25) is 5.78 Å². The molecular formula is C12H14N2O2S. The van der Waals surface area contributed by atoms with Crippen molar-refractivity contribution in [2.45, 2.75) is 13.3 Å². The fourth-order valence-electron chi connectivity index (χ4n) is 1.75. The molecular weight excluding hydrogens is 236 g/mol. The first-order chi connectivity index (χ1) is 8.19. The van der Waals surface area contributed by atoms with E-state index in [1.54, 1.807) is 25.0 Å². The number of nitrogens with zero attached hydrogens (tertiary/aromatic N) is 2. The highest BCUT2D eigenvalue weighted by molar-refractivity contribution is 7.12. The molecule has 0 fully saturated rings. The summed E-state index contributed by atoms with van der Waals surface area (Å²) >= 11 is 1.46. The smallest absolute Gasteiger partial charge is 0.225 e. The molecule has 0 saturated carbocycles. The highest BCUT2D eigenvalue weighted by Crippen LogP contribution is 2.25. The average Bonchev–Trinajstić information content (AvgIpc) is 2.93. The molecule has 90 valence electrons. The van der Waals surface area contributed by atoms with Crippen molar-refractivity contribution < 1.29 is 9.53 Å². The molecule has 0 bridgehead atoms. The monoisotopic (exact) mass is 250 g/mol. The van der Waals surface area contributed by atoms with Crippen LogP contribution >= 0.6 is 11.3 Å². The Morgan fingerprint density at radius 1 is 1.59 bits per heavy atom. The highest BCUT2D eigenvalue weighted by atomic mass is 32.1. The summed E-state index contributed by atoms with van der Waals surface area (Å²) in [5.41, 5.74) is 1.58. The number of carbonyl (C=O) groups excluding carboxylic acids is 1. The molecule has 0 radical (unpaired) electrons. The van der Waals surface area contributed by atoms with Gasteiger partial charge in [-0.2, -0.15) is 5.10 Å². The van der Waals surface area contributed by atoms with Gasteiger partial charge in [-0.3, -0.25) is 9.48 Å². The topological polar surface area (TPSA) is 44.1 Å². The Labute approximate surface area is 104 Å². The van der Waals surface area contributed by atoms with Crippen LogP contribution in [-0.4, -0.2) is 22.7 Å². The summed E-state index contributed by atoms with van der Waals surface area (Å²) < 4.78 is 6.72.